The van der Waals surface area contributed by atoms with Crippen LogP contribution in [0.25, 0.3) is 10.9 Å². The average Bonchev–Trinajstić information content (AvgIpc) is 3.42. The Labute approximate surface area is 189 Å². The van der Waals surface area contributed by atoms with Crippen molar-refractivity contribution in [2.75, 3.05) is 33.9 Å². The number of aryl methyl sites for hydroxylation is 1. The number of nitrogens with one attached hydrogen (secondary N) is 3. The van der Waals surface area contributed by atoms with Gasteiger partial charge in [-0.05, 0) is 25.8 Å². The standard InChI is InChI=1S/C23H34N6O3/c1-6-24-23(26-11-9-21-28-22(15(2)3)29-32-21)25-10-7-8-16-12-18-19(27-16)13-17(30-4)14-20(18)31-5/h12-15,27H,6-11H2,1-5H3,(H2,24,25,26). The Bertz CT molecular complexity index is 1020. The number of aromatic amines is 1. The average molecular weight is 443 g/mol. The van der Waals surface area contributed by atoms with E-state index in [9.17, 15) is 0 Å². The molecule has 0 aliphatic heterocycles. The number of rotatable bonds is 11. The Morgan fingerprint density at radius 2 is 2.00 bits per heavy atom. The van der Waals surface area contributed by atoms with Gasteiger partial charge in [0.1, 0.15) is 11.5 Å². The summed E-state index contributed by atoms with van der Waals surface area (Å²) in [5, 5.41) is 11.7. The van der Waals surface area contributed by atoms with E-state index < -0.39 is 0 Å². The Morgan fingerprint density at radius 1 is 1.16 bits per heavy atom. The fraction of sp³-hybridized carbons (Fsp3) is 0.522. The summed E-state index contributed by atoms with van der Waals surface area (Å²) in [6.45, 7) is 8.33. The largest absolute Gasteiger partial charge is 0.497 e. The van der Waals surface area contributed by atoms with Gasteiger partial charge in [0.05, 0.1) is 19.7 Å². The van der Waals surface area contributed by atoms with Crippen molar-refractivity contribution in [1.82, 2.24) is 25.8 Å². The van der Waals surface area contributed by atoms with Crippen LogP contribution >= 0.6 is 0 Å². The highest BCUT2D eigenvalue weighted by Gasteiger charge is 2.10. The second kappa shape index (κ2) is 11.4. The van der Waals surface area contributed by atoms with E-state index in [4.69, 9.17) is 14.0 Å². The molecule has 3 aromatic rings. The molecular weight excluding hydrogens is 408 g/mol. The van der Waals surface area contributed by atoms with Crippen molar-refractivity contribution >= 4 is 16.9 Å². The number of hydrogen-bond acceptors (Lipinski definition) is 6. The van der Waals surface area contributed by atoms with Crippen molar-refractivity contribution in [3.8, 4) is 11.5 Å². The number of nitrogens with zero attached hydrogens (tertiary/aromatic N) is 3. The molecule has 0 fully saturated rings. The Hall–Kier alpha value is -3.23. The summed E-state index contributed by atoms with van der Waals surface area (Å²) in [5.41, 5.74) is 2.16. The molecule has 0 unspecified atom stereocenters. The first kappa shape index (κ1) is 23.4. The van der Waals surface area contributed by atoms with Crippen LogP contribution in [0.5, 0.6) is 11.5 Å². The predicted octanol–water partition coefficient (Wildman–Crippen LogP) is 3.42. The monoisotopic (exact) mass is 442 g/mol. The van der Waals surface area contributed by atoms with Gasteiger partial charge in [0.15, 0.2) is 11.8 Å². The molecule has 0 amide bonds. The summed E-state index contributed by atoms with van der Waals surface area (Å²) in [6.07, 6.45) is 2.47. The van der Waals surface area contributed by atoms with Gasteiger partial charge in [-0.25, -0.2) is 0 Å². The van der Waals surface area contributed by atoms with Crippen LogP contribution in [-0.4, -0.2) is 54.9 Å². The molecule has 0 saturated heterocycles. The van der Waals surface area contributed by atoms with E-state index in [2.05, 4.69) is 43.7 Å². The number of hydrogen-bond donors (Lipinski definition) is 3. The molecular formula is C23H34N6O3. The summed E-state index contributed by atoms with van der Waals surface area (Å²) < 4.78 is 16.1. The molecule has 174 valence electrons. The molecule has 3 N–H and O–H groups in total. The topological polar surface area (TPSA) is 110 Å². The van der Waals surface area contributed by atoms with Crippen molar-refractivity contribution in [3.05, 3.63) is 35.6 Å². The molecule has 1 aromatic carbocycles. The first-order valence-electron chi connectivity index (χ1n) is 11.1. The normalized spacial score (nSPS) is 11.9. The molecule has 0 aliphatic carbocycles. The van der Waals surface area contributed by atoms with E-state index >= 15 is 0 Å². The van der Waals surface area contributed by atoms with Gasteiger partial charge in [-0.15, -0.1) is 0 Å². The maximum Gasteiger partial charge on any atom is 0.228 e. The number of benzene rings is 1. The van der Waals surface area contributed by atoms with E-state index in [1.54, 1.807) is 14.2 Å². The zero-order chi connectivity index (χ0) is 22.9. The maximum atomic E-state index is 5.50. The van der Waals surface area contributed by atoms with Crippen molar-refractivity contribution in [1.29, 1.82) is 0 Å². The lowest BCUT2D eigenvalue weighted by Gasteiger charge is -2.10. The van der Waals surface area contributed by atoms with Crippen LogP contribution in [0, 0.1) is 0 Å². The minimum absolute atomic E-state index is 0.264. The van der Waals surface area contributed by atoms with Gasteiger partial charge < -0.3 is 29.6 Å². The van der Waals surface area contributed by atoms with Gasteiger partial charge in [-0.2, -0.15) is 4.98 Å². The Morgan fingerprint density at radius 3 is 2.69 bits per heavy atom. The fourth-order valence-electron chi connectivity index (χ4n) is 3.35. The number of methoxy groups -OCH3 is 2. The molecule has 0 bridgehead atoms. The zero-order valence-electron chi connectivity index (χ0n) is 19.6. The van der Waals surface area contributed by atoms with Crippen LogP contribution in [-0.2, 0) is 12.8 Å². The van der Waals surface area contributed by atoms with Crippen LogP contribution in [0.15, 0.2) is 27.7 Å². The van der Waals surface area contributed by atoms with Crippen LogP contribution in [0.4, 0.5) is 0 Å². The quantitative estimate of drug-likeness (QED) is 0.237. The van der Waals surface area contributed by atoms with Gasteiger partial charge >= 0.3 is 0 Å². The van der Waals surface area contributed by atoms with E-state index in [1.165, 1.54) is 0 Å². The summed E-state index contributed by atoms with van der Waals surface area (Å²) in [7, 11) is 3.33. The lowest BCUT2D eigenvalue weighted by Crippen LogP contribution is -2.38. The molecule has 2 aromatic heterocycles. The highest BCUT2D eigenvalue weighted by molar-refractivity contribution is 5.88. The second-order valence-electron chi connectivity index (χ2n) is 7.83. The number of aromatic nitrogens is 3. The summed E-state index contributed by atoms with van der Waals surface area (Å²) >= 11 is 0. The van der Waals surface area contributed by atoms with E-state index in [1.807, 2.05) is 26.0 Å². The van der Waals surface area contributed by atoms with Crippen molar-refractivity contribution < 1.29 is 14.0 Å². The minimum Gasteiger partial charge on any atom is -0.497 e. The first-order valence-corrected chi connectivity index (χ1v) is 11.1. The third kappa shape index (κ3) is 6.15. The lowest BCUT2D eigenvalue weighted by atomic mass is 10.2. The van der Waals surface area contributed by atoms with E-state index in [0.717, 1.165) is 59.3 Å². The molecule has 9 heteroatoms. The zero-order valence-corrected chi connectivity index (χ0v) is 19.6. The summed E-state index contributed by atoms with van der Waals surface area (Å²) in [6, 6.07) is 6.02. The molecule has 0 aliphatic rings. The maximum absolute atomic E-state index is 5.50. The number of H-pyrrole nitrogens is 1. The molecule has 2 heterocycles. The van der Waals surface area contributed by atoms with Gasteiger partial charge in [0, 0.05) is 55.2 Å². The smallest absolute Gasteiger partial charge is 0.228 e. The highest BCUT2D eigenvalue weighted by Crippen LogP contribution is 2.31. The summed E-state index contributed by atoms with van der Waals surface area (Å²) in [5.74, 6) is 4.02. The molecule has 0 atom stereocenters. The third-order valence-corrected chi connectivity index (χ3v) is 5.03. The number of fused-ring (bicyclic) bond motifs is 1. The van der Waals surface area contributed by atoms with Crippen LogP contribution in [0.2, 0.25) is 0 Å². The van der Waals surface area contributed by atoms with E-state index in [-0.39, 0.29) is 5.92 Å². The van der Waals surface area contributed by atoms with Gasteiger partial charge in [-0.3, -0.25) is 4.99 Å². The van der Waals surface area contributed by atoms with Crippen molar-refractivity contribution in [2.45, 2.75) is 46.0 Å². The van der Waals surface area contributed by atoms with Crippen molar-refractivity contribution in [2.24, 2.45) is 4.99 Å². The number of aliphatic imine (C=N–C) groups is 1. The molecule has 9 nitrogen and oxygen atoms in total. The third-order valence-electron chi connectivity index (χ3n) is 5.03. The number of ether oxygens (including phenoxy) is 2. The van der Waals surface area contributed by atoms with Gasteiger partial charge in [-0.1, -0.05) is 19.0 Å². The predicted molar refractivity (Wildman–Crippen MR) is 126 cm³/mol. The molecule has 32 heavy (non-hydrogen) atoms. The summed E-state index contributed by atoms with van der Waals surface area (Å²) in [4.78, 5) is 12.5. The van der Waals surface area contributed by atoms with Crippen LogP contribution in [0.3, 0.4) is 0 Å². The van der Waals surface area contributed by atoms with Gasteiger partial charge in [0.2, 0.25) is 5.89 Å². The molecule has 0 saturated carbocycles. The van der Waals surface area contributed by atoms with Crippen molar-refractivity contribution in [3.63, 3.8) is 0 Å². The molecule has 3 rings (SSSR count). The van der Waals surface area contributed by atoms with Gasteiger partial charge in [0.25, 0.3) is 0 Å². The first-order chi connectivity index (χ1) is 15.5. The molecule has 0 spiro atoms. The fourth-order valence-corrected chi connectivity index (χ4v) is 3.35. The molecule has 0 radical (unpaired) electrons. The van der Waals surface area contributed by atoms with E-state index in [0.29, 0.717) is 25.4 Å². The Balaban J connectivity index is 1.51. The SMILES string of the molecule is CCNC(=NCCCc1cc2c(OC)cc(OC)cc2[nH]1)NCCc1nc(C(C)C)no1. The highest BCUT2D eigenvalue weighted by atomic mass is 16.5. The minimum atomic E-state index is 0.264. The second-order valence-corrected chi connectivity index (χ2v) is 7.83. The van der Waals surface area contributed by atoms with Crippen LogP contribution in [0.1, 0.15) is 50.5 Å². The Kier molecular flexibility index (Phi) is 8.35. The number of guanidine groups is 1. The lowest BCUT2D eigenvalue weighted by molar-refractivity contribution is 0.371. The van der Waals surface area contributed by atoms with Crippen LogP contribution < -0.4 is 20.1 Å².